The van der Waals surface area contributed by atoms with Crippen LogP contribution in [-0.4, -0.2) is 22.1 Å². The molecule has 0 bridgehead atoms. The molecule has 0 amide bonds. The zero-order valence-electron chi connectivity index (χ0n) is 10.2. The molecular weight excluding hydrogens is 269 g/mol. The quantitative estimate of drug-likeness (QED) is 0.856. The van der Waals surface area contributed by atoms with Crippen LogP contribution >= 0.6 is 11.6 Å². The molecule has 1 atom stereocenters. The SMILES string of the molecule is O=c1c2ccc(F)cc2nc(Cl)n1CC1CCCN1. The Kier molecular flexibility index (Phi) is 3.24. The molecule has 0 spiro atoms. The Hall–Kier alpha value is -1.46. The summed E-state index contributed by atoms with van der Waals surface area (Å²) in [6.45, 7) is 1.46. The number of hydrogen-bond donors (Lipinski definition) is 1. The van der Waals surface area contributed by atoms with E-state index in [-0.39, 0.29) is 16.9 Å². The van der Waals surface area contributed by atoms with Crippen molar-refractivity contribution in [3.8, 4) is 0 Å². The number of rotatable bonds is 2. The summed E-state index contributed by atoms with van der Waals surface area (Å²) in [6.07, 6.45) is 2.12. The molecule has 1 aliphatic rings. The second-order valence-electron chi connectivity index (χ2n) is 4.75. The lowest BCUT2D eigenvalue weighted by Gasteiger charge is -2.14. The second kappa shape index (κ2) is 4.90. The summed E-state index contributed by atoms with van der Waals surface area (Å²) in [5.74, 6) is -0.425. The minimum atomic E-state index is -0.425. The highest BCUT2D eigenvalue weighted by atomic mass is 35.5. The average molecular weight is 282 g/mol. The third-order valence-corrected chi connectivity index (χ3v) is 3.72. The fourth-order valence-electron chi connectivity index (χ4n) is 2.46. The number of fused-ring (bicyclic) bond motifs is 1. The lowest BCUT2D eigenvalue weighted by molar-refractivity contribution is 0.498. The van der Waals surface area contributed by atoms with Gasteiger partial charge < -0.3 is 5.32 Å². The molecule has 1 aliphatic heterocycles. The van der Waals surface area contributed by atoms with Gasteiger partial charge in [0, 0.05) is 18.7 Å². The highest BCUT2D eigenvalue weighted by Gasteiger charge is 2.18. The first-order valence-corrected chi connectivity index (χ1v) is 6.62. The Morgan fingerprint density at radius 2 is 2.37 bits per heavy atom. The van der Waals surface area contributed by atoms with Crippen molar-refractivity contribution in [2.24, 2.45) is 0 Å². The van der Waals surface area contributed by atoms with E-state index in [2.05, 4.69) is 10.3 Å². The standard InChI is InChI=1S/C13H13ClFN3O/c14-13-17-11-6-8(15)3-4-10(11)12(19)18(13)7-9-2-1-5-16-9/h3-4,6,9,16H,1-2,5,7H2. The molecule has 100 valence electrons. The molecule has 2 heterocycles. The number of hydrogen-bond acceptors (Lipinski definition) is 3. The first-order chi connectivity index (χ1) is 9.15. The molecule has 3 rings (SSSR count). The number of aromatic nitrogens is 2. The molecule has 0 saturated carbocycles. The summed E-state index contributed by atoms with van der Waals surface area (Å²) < 4.78 is 14.6. The van der Waals surface area contributed by atoms with Crippen LogP contribution in [0.2, 0.25) is 5.28 Å². The van der Waals surface area contributed by atoms with Crippen molar-refractivity contribution < 1.29 is 4.39 Å². The summed E-state index contributed by atoms with van der Waals surface area (Å²) in [4.78, 5) is 16.4. The van der Waals surface area contributed by atoms with Crippen molar-refractivity contribution in [1.29, 1.82) is 0 Å². The van der Waals surface area contributed by atoms with E-state index in [4.69, 9.17) is 11.6 Å². The molecule has 0 radical (unpaired) electrons. The zero-order chi connectivity index (χ0) is 13.4. The van der Waals surface area contributed by atoms with Crippen molar-refractivity contribution in [2.75, 3.05) is 6.54 Å². The molecule has 19 heavy (non-hydrogen) atoms. The normalized spacial score (nSPS) is 19.2. The van der Waals surface area contributed by atoms with Gasteiger partial charge in [0.2, 0.25) is 5.28 Å². The van der Waals surface area contributed by atoms with Crippen molar-refractivity contribution in [3.05, 3.63) is 39.7 Å². The third kappa shape index (κ3) is 2.35. The van der Waals surface area contributed by atoms with E-state index in [1.807, 2.05) is 0 Å². The summed E-state index contributed by atoms with van der Waals surface area (Å²) >= 11 is 6.04. The first kappa shape index (κ1) is 12.6. The monoisotopic (exact) mass is 281 g/mol. The van der Waals surface area contributed by atoms with Gasteiger partial charge in [-0.15, -0.1) is 0 Å². The number of benzene rings is 1. The lowest BCUT2D eigenvalue weighted by Crippen LogP contribution is -2.33. The Morgan fingerprint density at radius 3 is 3.11 bits per heavy atom. The average Bonchev–Trinajstić information content (AvgIpc) is 2.87. The van der Waals surface area contributed by atoms with Gasteiger partial charge in [0.15, 0.2) is 0 Å². The van der Waals surface area contributed by atoms with Crippen LogP contribution in [0.25, 0.3) is 10.9 Å². The summed E-state index contributed by atoms with van der Waals surface area (Å²) in [6, 6.07) is 4.18. The van der Waals surface area contributed by atoms with Crippen LogP contribution in [0.5, 0.6) is 0 Å². The predicted octanol–water partition coefficient (Wildman–Crippen LogP) is 1.94. The second-order valence-corrected chi connectivity index (χ2v) is 5.09. The number of halogens is 2. The summed E-state index contributed by atoms with van der Waals surface area (Å²) in [5.41, 5.74) is 0.0781. The molecule has 1 fully saturated rings. The summed E-state index contributed by atoms with van der Waals surface area (Å²) in [5, 5.41) is 3.81. The summed E-state index contributed by atoms with van der Waals surface area (Å²) in [7, 11) is 0. The van der Waals surface area contributed by atoms with Crippen LogP contribution in [0.3, 0.4) is 0 Å². The number of nitrogens with zero attached hydrogens (tertiary/aromatic N) is 2. The molecule has 6 heteroatoms. The maximum absolute atomic E-state index is 13.1. The molecule has 1 N–H and O–H groups in total. The van der Waals surface area contributed by atoms with Gasteiger partial charge in [-0.1, -0.05) is 0 Å². The van der Waals surface area contributed by atoms with Crippen LogP contribution in [-0.2, 0) is 6.54 Å². The largest absolute Gasteiger partial charge is 0.312 e. The van der Waals surface area contributed by atoms with Gasteiger partial charge in [0.05, 0.1) is 10.9 Å². The van der Waals surface area contributed by atoms with Gasteiger partial charge in [0.1, 0.15) is 5.82 Å². The Labute approximate surface area is 114 Å². The van der Waals surface area contributed by atoms with Crippen LogP contribution < -0.4 is 10.9 Å². The molecule has 4 nitrogen and oxygen atoms in total. The van der Waals surface area contributed by atoms with Gasteiger partial charge in [-0.25, -0.2) is 9.37 Å². The van der Waals surface area contributed by atoms with Gasteiger partial charge in [-0.3, -0.25) is 9.36 Å². The van der Waals surface area contributed by atoms with Crippen molar-refractivity contribution >= 4 is 22.5 Å². The van der Waals surface area contributed by atoms with Gasteiger partial charge in [0.25, 0.3) is 5.56 Å². The Balaban J connectivity index is 2.09. The van der Waals surface area contributed by atoms with E-state index in [0.29, 0.717) is 17.4 Å². The lowest BCUT2D eigenvalue weighted by atomic mass is 10.2. The Morgan fingerprint density at radius 1 is 1.53 bits per heavy atom. The van der Waals surface area contributed by atoms with E-state index in [9.17, 15) is 9.18 Å². The van der Waals surface area contributed by atoms with E-state index < -0.39 is 5.82 Å². The molecule has 0 aliphatic carbocycles. The molecule has 2 aromatic rings. The van der Waals surface area contributed by atoms with Gasteiger partial charge in [-0.2, -0.15) is 0 Å². The molecule has 1 aromatic heterocycles. The van der Waals surface area contributed by atoms with Crippen LogP contribution in [0.4, 0.5) is 4.39 Å². The van der Waals surface area contributed by atoms with Crippen LogP contribution in [0, 0.1) is 5.82 Å². The van der Waals surface area contributed by atoms with Gasteiger partial charge >= 0.3 is 0 Å². The van der Waals surface area contributed by atoms with Crippen molar-refractivity contribution in [1.82, 2.24) is 14.9 Å². The Bertz CT molecular complexity index is 679. The third-order valence-electron chi connectivity index (χ3n) is 3.44. The smallest absolute Gasteiger partial charge is 0.262 e. The highest BCUT2D eigenvalue weighted by Crippen LogP contribution is 2.15. The van der Waals surface area contributed by atoms with Gasteiger partial charge in [-0.05, 0) is 43.1 Å². The molecule has 1 unspecified atom stereocenters. The number of nitrogens with one attached hydrogen (secondary N) is 1. The zero-order valence-corrected chi connectivity index (χ0v) is 11.0. The highest BCUT2D eigenvalue weighted by molar-refractivity contribution is 6.28. The van der Waals surface area contributed by atoms with Crippen LogP contribution in [0.15, 0.2) is 23.0 Å². The minimum absolute atomic E-state index is 0.108. The van der Waals surface area contributed by atoms with E-state index in [1.165, 1.54) is 22.8 Å². The van der Waals surface area contributed by atoms with Crippen molar-refractivity contribution in [3.63, 3.8) is 0 Å². The minimum Gasteiger partial charge on any atom is -0.312 e. The molecule has 1 saturated heterocycles. The molecular formula is C13H13ClFN3O. The maximum Gasteiger partial charge on any atom is 0.262 e. The van der Waals surface area contributed by atoms with Crippen molar-refractivity contribution in [2.45, 2.75) is 25.4 Å². The molecule has 1 aromatic carbocycles. The van der Waals surface area contributed by atoms with E-state index in [1.54, 1.807) is 0 Å². The van der Waals surface area contributed by atoms with E-state index in [0.717, 1.165) is 19.4 Å². The van der Waals surface area contributed by atoms with E-state index >= 15 is 0 Å². The first-order valence-electron chi connectivity index (χ1n) is 6.24. The predicted molar refractivity (Wildman–Crippen MR) is 72.0 cm³/mol. The fourth-order valence-corrected chi connectivity index (χ4v) is 2.70. The topological polar surface area (TPSA) is 46.9 Å². The maximum atomic E-state index is 13.1. The fraction of sp³-hybridized carbons (Fsp3) is 0.385. The van der Waals surface area contributed by atoms with Crippen LogP contribution in [0.1, 0.15) is 12.8 Å².